The highest BCUT2D eigenvalue weighted by Gasteiger charge is 2.09. The van der Waals surface area contributed by atoms with Crippen LogP contribution in [0.4, 0.5) is 11.5 Å². The van der Waals surface area contributed by atoms with Gasteiger partial charge in [0.1, 0.15) is 11.3 Å². The molecule has 0 spiro atoms. The summed E-state index contributed by atoms with van der Waals surface area (Å²) in [6.45, 7) is 2.07. The van der Waals surface area contributed by atoms with Crippen LogP contribution < -0.4 is 4.90 Å². The minimum absolute atomic E-state index is 0.908. The summed E-state index contributed by atoms with van der Waals surface area (Å²) in [4.78, 5) is 10.8. The molecule has 0 aliphatic rings. The van der Waals surface area contributed by atoms with E-state index in [9.17, 15) is 0 Å². The van der Waals surface area contributed by atoms with E-state index < -0.39 is 0 Å². The minimum Gasteiger partial charge on any atom is -0.334 e. The van der Waals surface area contributed by atoms with Crippen molar-refractivity contribution < 1.29 is 0 Å². The van der Waals surface area contributed by atoms with Crippen LogP contribution in [-0.4, -0.2) is 21.6 Å². The fraction of sp³-hybridized carbons (Fsp3) is 0.200. The second-order valence-corrected chi connectivity index (χ2v) is 4.66. The summed E-state index contributed by atoms with van der Waals surface area (Å²) in [5.74, 6) is 0.908. The number of nitrogens with zero attached hydrogens (tertiary/aromatic N) is 4. The first-order valence-corrected chi connectivity index (χ1v) is 6.14. The second kappa shape index (κ2) is 4.39. The summed E-state index contributed by atoms with van der Waals surface area (Å²) in [6, 6.07) is 11.1. The van der Waals surface area contributed by atoms with Crippen LogP contribution in [0.2, 0.25) is 0 Å². The van der Waals surface area contributed by atoms with Gasteiger partial charge in [-0.25, -0.2) is 9.97 Å². The van der Waals surface area contributed by atoms with Crippen molar-refractivity contribution in [3.8, 4) is 0 Å². The van der Waals surface area contributed by atoms with E-state index in [1.54, 1.807) is 6.33 Å². The standard InChI is InChI=1S/C15H15N4/c1-11-6-4-5-7-13(11)19(3)15-8-14-12(9-16-15)17-10-18(14)2/h5-10H,1-3H3. The topological polar surface area (TPSA) is 34.0 Å². The highest BCUT2D eigenvalue weighted by molar-refractivity contribution is 5.79. The number of pyridine rings is 1. The zero-order valence-corrected chi connectivity index (χ0v) is 11.3. The van der Waals surface area contributed by atoms with Crippen LogP contribution >= 0.6 is 0 Å². The lowest BCUT2D eigenvalue weighted by Crippen LogP contribution is -2.12. The Labute approximate surface area is 112 Å². The van der Waals surface area contributed by atoms with Crippen LogP contribution in [0.5, 0.6) is 0 Å². The lowest BCUT2D eigenvalue weighted by atomic mass is 10.2. The fourth-order valence-electron chi connectivity index (χ4n) is 2.21. The minimum atomic E-state index is 0.908. The molecule has 0 amide bonds. The molecule has 0 atom stereocenters. The SMILES string of the molecule is Cc1c[c]ccc1N(C)c1cc2c(cn1)ncn2C. The van der Waals surface area contributed by atoms with E-state index >= 15 is 0 Å². The van der Waals surface area contributed by atoms with Crippen LogP contribution in [-0.2, 0) is 7.05 Å². The zero-order valence-electron chi connectivity index (χ0n) is 11.3. The lowest BCUT2D eigenvalue weighted by Gasteiger charge is -2.20. The molecule has 0 N–H and O–H groups in total. The zero-order chi connectivity index (χ0) is 13.4. The van der Waals surface area contributed by atoms with Crippen LogP contribution in [0.25, 0.3) is 11.0 Å². The molecule has 95 valence electrons. The molecule has 0 aliphatic carbocycles. The fourth-order valence-corrected chi connectivity index (χ4v) is 2.21. The van der Waals surface area contributed by atoms with Gasteiger partial charge in [0, 0.05) is 25.8 Å². The Bertz CT molecular complexity index is 730. The molecule has 2 aromatic heterocycles. The molecule has 0 aliphatic heterocycles. The van der Waals surface area contributed by atoms with Crippen LogP contribution in [0.15, 0.2) is 36.8 Å². The van der Waals surface area contributed by atoms with Crippen molar-refractivity contribution in [1.29, 1.82) is 0 Å². The predicted molar refractivity (Wildman–Crippen MR) is 76.6 cm³/mol. The molecular weight excluding hydrogens is 236 g/mol. The summed E-state index contributed by atoms with van der Waals surface area (Å²) >= 11 is 0. The average molecular weight is 251 g/mol. The van der Waals surface area contributed by atoms with Crippen molar-refractivity contribution in [3.05, 3.63) is 48.4 Å². The molecule has 2 heterocycles. The number of benzene rings is 1. The molecule has 0 bridgehead atoms. The normalized spacial score (nSPS) is 10.9. The first kappa shape index (κ1) is 11.7. The molecule has 3 aromatic rings. The number of hydrogen-bond donors (Lipinski definition) is 0. The Morgan fingerprint density at radius 3 is 2.95 bits per heavy atom. The van der Waals surface area contributed by atoms with E-state index in [4.69, 9.17) is 0 Å². The maximum Gasteiger partial charge on any atom is 0.134 e. The molecule has 0 saturated carbocycles. The summed E-state index contributed by atoms with van der Waals surface area (Å²) < 4.78 is 2.00. The van der Waals surface area contributed by atoms with E-state index in [1.807, 2.05) is 43.1 Å². The molecule has 3 rings (SSSR count). The molecule has 0 fully saturated rings. The highest BCUT2D eigenvalue weighted by atomic mass is 15.2. The van der Waals surface area contributed by atoms with Gasteiger partial charge in [0.15, 0.2) is 0 Å². The predicted octanol–water partition coefficient (Wildman–Crippen LogP) is 2.84. The molecular formula is C15H15N4. The summed E-state index contributed by atoms with van der Waals surface area (Å²) in [5, 5.41) is 0. The Morgan fingerprint density at radius 1 is 1.32 bits per heavy atom. The Balaban J connectivity index is 2.08. The molecule has 1 aromatic carbocycles. The quantitative estimate of drug-likeness (QED) is 0.702. The third-order valence-corrected chi connectivity index (χ3v) is 3.34. The van der Waals surface area contributed by atoms with Gasteiger partial charge in [-0.05, 0) is 30.7 Å². The van der Waals surface area contributed by atoms with E-state index in [0.717, 1.165) is 22.5 Å². The first-order chi connectivity index (χ1) is 9.16. The van der Waals surface area contributed by atoms with Gasteiger partial charge in [0.2, 0.25) is 0 Å². The van der Waals surface area contributed by atoms with E-state index in [1.165, 1.54) is 5.56 Å². The van der Waals surface area contributed by atoms with Crippen LogP contribution in [0, 0.1) is 13.0 Å². The maximum atomic E-state index is 4.48. The van der Waals surface area contributed by atoms with Gasteiger partial charge < -0.3 is 9.47 Å². The highest BCUT2D eigenvalue weighted by Crippen LogP contribution is 2.26. The molecule has 0 saturated heterocycles. The monoisotopic (exact) mass is 251 g/mol. The molecule has 4 heteroatoms. The van der Waals surface area contributed by atoms with Gasteiger partial charge in [-0.2, -0.15) is 0 Å². The summed E-state index contributed by atoms with van der Waals surface area (Å²) in [6.07, 6.45) is 3.62. The number of rotatable bonds is 2. The van der Waals surface area contributed by atoms with Crippen molar-refractivity contribution in [1.82, 2.24) is 14.5 Å². The van der Waals surface area contributed by atoms with Crippen molar-refractivity contribution in [3.63, 3.8) is 0 Å². The van der Waals surface area contributed by atoms with Crippen LogP contribution in [0.1, 0.15) is 5.56 Å². The maximum absolute atomic E-state index is 4.48. The van der Waals surface area contributed by atoms with Crippen molar-refractivity contribution >= 4 is 22.5 Å². The number of hydrogen-bond acceptors (Lipinski definition) is 3. The Morgan fingerprint density at radius 2 is 2.16 bits per heavy atom. The average Bonchev–Trinajstić information content (AvgIpc) is 2.80. The first-order valence-electron chi connectivity index (χ1n) is 6.14. The molecule has 1 radical (unpaired) electrons. The van der Waals surface area contributed by atoms with Crippen LogP contribution in [0.3, 0.4) is 0 Å². The Kier molecular flexibility index (Phi) is 2.71. The van der Waals surface area contributed by atoms with Crippen molar-refractivity contribution in [2.45, 2.75) is 6.92 Å². The van der Waals surface area contributed by atoms with Gasteiger partial charge in [0.25, 0.3) is 0 Å². The summed E-state index contributed by atoms with van der Waals surface area (Å²) in [5.41, 5.74) is 4.31. The van der Waals surface area contributed by atoms with Gasteiger partial charge in [-0.1, -0.05) is 6.07 Å². The van der Waals surface area contributed by atoms with Gasteiger partial charge in [-0.3, -0.25) is 0 Å². The number of imidazole rings is 1. The smallest absolute Gasteiger partial charge is 0.134 e. The number of fused-ring (bicyclic) bond motifs is 1. The van der Waals surface area contributed by atoms with E-state index in [2.05, 4.69) is 33.9 Å². The summed E-state index contributed by atoms with van der Waals surface area (Å²) in [7, 11) is 4.01. The third-order valence-electron chi connectivity index (χ3n) is 3.34. The number of aryl methyl sites for hydroxylation is 2. The number of aromatic nitrogens is 3. The third kappa shape index (κ3) is 1.95. The Hall–Kier alpha value is -2.36. The van der Waals surface area contributed by atoms with Gasteiger partial charge in [0.05, 0.1) is 18.0 Å². The number of anilines is 2. The lowest BCUT2D eigenvalue weighted by molar-refractivity contribution is 0.946. The largest absolute Gasteiger partial charge is 0.334 e. The second-order valence-electron chi connectivity index (χ2n) is 4.66. The van der Waals surface area contributed by atoms with Gasteiger partial charge >= 0.3 is 0 Å². The molecule has 19 heavy (non-hydrogen) atoms. The van der Waals surface area contributed by atoms with Gasteiger partial charge in [-0.15, -0.1) is 0 Å². The van der Waals surface area contributed by atoms with E-state index in [0.29, 0.717) is 0 Å². The van der Waals surface area contributed by atoms with E-state index in [-0.39, 0.29) is 0 Å². The van der Waals surface area contributed by atoms with Crippen molar-refractivity contribution in [2.24, 2.45) is 7.05 Å². The molecule has 0 unspecified atom stereocenters. The van der Waals surface area contributed by atoms with Crippen molar-refractivity contribution in [2.75, 3.05) is 11.9 Å². The molecule has 4 nitrogen and oxygen atoms in total.